The number of carbonyl (C=O) groups is 2. The number of nitrogens with zero attached hydrogens (tertiary/aromatic N) is 2. The van der Waals surface area contributed by atoms with Crippen LogP contribution in [0.15, 0.2) is 59.0 Å². The third-order valence-corrected chi connectivity index (χ3v) is 5.59. The average Bonchev–Trinajstić information content (AvgIpc) is 3.36. The highest BCUT2D eigenvalue weighted by molar-refractivity contribution is 7.13. The molecule has 0 aliphatic carbocycles. The Hall–Kier alpha value is -3.92. The second-order valence-corrected chi connectivity index (χ2v) is 8.96. The lowest BCUT2D eigenvalue weighted by Gasteiger charge is -2.15. The van der Waals surface area contributed by atoms with Crippen LogP contribution in [0.1, 0.15) is 41.0 Å². The zero-order chi connectivity index (χ0) is 24.6. The van der Waals surface area contributed by atoms with Gasteiger partial charge < -0.3 is 20.1 Å². The highest BCUT2D eigenvalue weighted by Crippen LogP contribution is 2.29. The third-order valence-electron chi connectivity index (χ3n) is 4.90. The van der Waals surface area contributed by atoms with Gasteiger partial charge in [-0.2, -0.15) is 0 Å². The molecule has 35 heavy (non-hydrogen) atoms. The Balaban J connectivity index is 1.44. The second kappa shape index (κ2) is 11.5. The van der Waals surface area contributed by atoms with Crippen LogP contribution >= 0.6 is 11.3 Å². The summed E-state index contributed by atoms with van der Waals surface area (Å²) in [6.07, 6.45) is 2.55. The van der Waals surface area contributed by atoms with Crippen molar-refractivity contribution in [2.24, 2.45) is 4.99 Å². The lowest BCUT2D eigenvalue weighted by atomic mass is 10.1. The number of hydrogen-bond donors (Lipinski definition) is 3. The number of anilines is 1. The van der Waals surface area contributed by atoms with Crippen molar-refractivity contribution in [3.05, 3.63) is 65.2 Å². The van der Waals surface area contributed by atoms with E-state index in [4.69, 9.17) is 9.47 Å². The molecule has 2 aromatic carbocycles. The van der Waals surface area contributed by atoms with E-state index in [1.807, 2.05) is 13.8 Å². The number of thiazole rings is 1. The van der Waals surface area contributed by atoms with Crippen LogP contribution in [0.2, 0.25) is 0 Å². The summed E-state index contributed by atoms with van der Waals surface area (Å²) in [6, 6.07) is 11.8. The van der Waals surface area contributed by atoms with Crippen molar-refractivity contribution in [1.29, 1.82) is 0 Å². The Morgan fingerprint density at radius 1 is 1.06 bits per heavy atom. The predicted octanol–water partition coefficient (Wildman–Crippen LogP) is 4.10. The SMILES string of the molecule is CC(C)Oc1cc(Oc2ccc(C(=O)NCC3=NCCCN3)cc2)cc(C(=O)Nc2nccs2)c1. The van der Waals surface area contributed by atoms with Crippen molar-refractivity contribution >= 4 is 34.1 Å². The minimum Gasteiger partial charge on any atom is -0.491 e. The molecule has 2 amide bonds. The molecule has 1 aliphatic heterocycles. The summed E-state index contributed by atoms with van der Waals surface area (Å²) in [5, 5.41) is 11.1. The standard InChI is InChI=1S/C25H27N5O4S/c1-16(2)33-20-12-18(24(32)30-25-28-10-11-35-25)13-21(14-20)34-19-6-4-17(5-7-19)23(31)29-15-22-26-8-3-9-27-22/h4-7,10-14,16H,3,8-9,15H2,1-2H3,(H,26,27)(H,29,31)(H,28,30,32). The predicted molar refractivity (Wildman–Crippen MR) is 136 cm³/mol. The first-order valence-corrected chi connectivity index (χ1v) is 12.2. The van der Waals surface area contributed by atoms with Crippen molar-refractivity contribution < 1.29 is 19.1 Å². The fourth-order valence-corrected chi connectivity index (χ4v) is 3.86. The molecule has 0 fully saturated rings. The number of aliphatic imine (C=N–C) groups is 1. The van der Waals surface area contributed by atoms with Gasteiger partial charge in [-0.15, -0.1) is 11.3 Å². The molecule has 0 radical (unpaired) electrons. The Morgan fingerprint density at radius 2 is 1.86 bits per heavy atom. The number of aromatic nitrogens is 1. The topological polar surface area (TPSA) is 114 Å². The number of carbonyl (C=O) groups excluding carboxylic acids is 2. The van der Waals surface area contributed by atoms with Gasteiger partial charge in [0.05, 0.1) is 12.6 Å². The van der Waals surface area contributed by atoms with Crippen LogP contribution in [0.3, 0.4) is 0 Å². The summed E-state index contributed by atoms with van der Waals surface area (Å²) in [5.41, 5.74) is 0.887. The molecule has 0 atom stereocenters. The highest BCUT2D eigenvalue weighted by atomic mass is 32.1. The first-order chi connectivity index (χ1) is 17.0. The van der Waals surface area contributed by atoms with E-state index in [-0.39, 0.29) is 17.9 Å². The van der Waals surface area contributed by atoms with Crippen molar-refractivity contribution in [3.8, 4) is 17.2 Å². The van der Waals surface area contributed by atoms with E-state index < -0.39 is 0 Å². The van der Waals surface area contributed by atoms with Gasteiger partial charge in [0.15, 0.2) is 5.13 Å². The molecule has 3 N–H and O–H groups in total. The van der Waals surface area contributed by atoms with Crippen molar-refractivity contribution in [1.82, 2.24) is 15.6 Å². The Kier molecular flexibility index (Phi) is 7.94. The van der Waals surface area contributed by atoms with Crippen LogP contribution in [0.4, 0.5) is 5.13 Å². The molecular formula is C25H27N5O4S. The highest BCUT2D eigenvalue weighted by Gasteiger charge is 2.14. The van der Waals surface area contributed by atoms with Crippen molar-refractivity contribution in [2.45, 2.75) is 26.4 Å². The number of amidine groups is 1. The second-order valence-electron chi connectivity index (χ2n) is 8.07. The summed E-state index contributed by atoms with van der Waals surface area (Å²) >= 11 is 1.33. The molecule has 2 heterocycles. The minimum absolute atomic E-state index is 0.0762. The number of nitrogens with one attached hydrogen (secondary N) is 3. The lowest BCUT2D eigenvalue weighted by molar-refractivity contribution is 0.0958. The third kappa shape index (κ3) is 7.03. The normalized spacial score (nSPS) is 12.9. The fraction of sp³-hybridized carbons (Fsp3) is 0.280. The molecule has 1 aliphatic rings. The smallest absolute Gasteiger partial charge is 0.257 e. The number of rotatable bonds is 9. The molecule has 0 saturated carbocycles. The molecule has 10 heteroatoms. The van der Waals surface area contributed by atoms with Crippen LogP contribution in [-0.2, 0) is 0 Å². The lowest BCUT2D eigenvalue weighted by Crippen LogP contribution is -2.39. The van der Waals surface area contributed by atoms with Gasteiger partial charge in [0.25, 0.3) is 11.8 Å². The van der Waals surface area contributed by atoms with E-state index in [1.165, 1.54) is 11.3 Å². The van der Waals surface area contributed by atoms with Gasteiger partial charge in [-0.25, -0.2) is 4.98 Å². The maximum absolute atomic E-state index is 12.7. The quantitative estimate of drug-likeness (QED) is 0.414. The number of hydrogen-bond acceptors (Lipinski definition) is 8. The van der Waals surface area contributed by atoms with E-state index in [9.17, 15) is 9.59 Å². The van der Waals surface area contributed by atoms with Gasteiger partial charge >= 0.3 is 0 Å². The summed E-state index contributed by atoms with van der Waals surface area (Å²) in [4.78, 5) is 33.6. The van der Waals surface area contributed by atoms with Crippen LogP contribution < -0.4 is 25.4 Å². The van der Waals surface area contributed by atoms with Gasteiger partial charge in [-0.05, 0) is 56.7 Å². The number of benzene rings is 2. The number of amides is 2. The zero-order valence-electron chi connectivity index (χ0n) is 19.5. The zero-order valence-corrected chi connectivity index (χ0v) is 20.4. The molecule has 182 valence electrons. The summed E-state index contributed by atoms with van der Waals surface area (Å²) in [5.74, 6) is 1.75. The molecule has 0 bridgehead atoms. The fourth-order valence-electron chi connectivity index (χ4n) is 3.33. The Morgan fingerprint density at radius 3 is 2.54 bits per heavy atom. The summed E-state index contributed by atoms with van der Waals surface area (Å²) in [6.45, 7) is 5.83. The van der Waals surface area contributed by atoms with E-state index in [1.54, 1.807) is 54.0 Å². The van der Waals surface area contributed by atoms with Crippen LogP contribution in [0.25, 0.3) is 0 Å². The first-order valence-electron chi connectivity index (χ1n) is 11.3. The first kappa shape index (κ1) is 24.2. The van der Waals surface area contributed by atoms with Crippen molar-refractivity contribution in [2.75, 3.05) is 25.0 Å². The maximum Gasteiger partial charge on any atom is 0.257 e. The summed E-state index contributed by atoms with van der Waals surface area (Å²) in [7, 11) is 0. The average molecular weight is 494 g/mol. The Labute approximate surface area is 207 Å². The maximum atomic E-state index is 12.7. The Bertz CT molecular complexity index is 1190. The van der Waals surface area contributed by atoms with E-state index in [0.717, 1.165) is 25.3 Å². The molecule has 9 nitrogen and oxygen atoms in total. The monoisotopic (exact) mass is 493 g/mol. The largest absolute Gasteiger partial charge is 0.491 e. The molecule has 1 aromatic heterocycles. The van der Waals surface area contributed by atoms with E-state index >= 15 is 0 Å². The van der Waals surface area contributed by atoms with Gasteiger partial charge in [-0.3, -0.25) is 19.9 Å². The molecule has 0 saturated heterocycles. The molecule has 0 unspecified atom stereocenters. The van der Waals surface area contributed by atoms with E-state index in [0.29, 0.717) is 40.1 Å². The van der Waals surface area contributed by atoms with Crippen molar-refractivity contribution in [3.63, 3.8) is 0 Å². The van der Waals surface area contributed by atoms with Gasteiger partial charge in [0.1, 0.15) is 23.1 Å². The van der Waals surface area contributed by atoms with E-state index in [2.05, 4.69) is 25.9 Å². The number of ether oxygens (including phenoxy) is 2. The minimum atomic E-state index is -0.317. The molecular weight excluding hydrogens is 466 g/mol. The van der Waals surface area contributed by atoms with Gasteiger partial charge in [0, 0.05) is 41.9 Å². The molecule has 0 spiro atoms. The van der Waals surface area contributed by atoms with Crippen LogP contribution in [0.5, 0.6) is 17.2 Å². The molecule has 4 rings (SSSR count). The van der Waals surface area contributed by atoms with Gasteiger partial charge in [-0.1, -0.05) is 0 Å². The molecule has 3 aromatic rings. The van der Waals surface area contributed by atoms with Crippen LogP contribution in [0, 0.1) is 0 Å². The summed E-state index contributed by atoms with van der Waals surface area (Å²) < 4.78 is 11.8. The van der Waals surface area contributed by atoms with Crippen LogP contribution in [-0.4, -0.2) is 48.4 Å². The van der Waals surface area contributed by atoms with Gasteiger partial charge in [0.2, 0.25) is 0 Å².